The molecule has 2 aromatic rings. The predicted octanol–water partition coefficient (Wildman–Crippen LogP) is 4.25. The largest absolute Gasteiger partial charge is 0.316 e. The monoisotopic (exact) mass is 283 g/mol. The zero-order valence-corrected chi connectivity index (χ0v) is 12.5. The molecule has 1 fully saturated rings. The molecule has 1 aliphatic heterocycles. The molecule has 2 atom stereocenters. The average Bonchev–Trinajstić information content (AvgIpc) is 2.55. The first-order chi connectivity index (χ1) is 10.3. The van der Waals surface area contributed by atoms with Gasteiger partial charge in [0, 0.05) is 12.5 Å². The van der Waals surface area contributed by atoms with Gasteiger partial charge in [0.25, 0.3) is 0 Å². The van der Waals surface area contributed by atoms with Crippen LogP contribution < -0.4 is 5.32 Å². The van der Waals surface area contributed by atoms with Crippen LogP contribution >= 0.6 is 0 Å². The van der Waals surface area contributed by atoms with Crippen LogP contribution in [0.15, 0.2) is 48.5 Å². The van der Waals surface area contributed by atoms with Crippen LogP contribution in [0.3, 0.4) is 0 Å². The standard InChI is InChI=1S/C19H22FN/c1-2-14-6-8-15(9-7-14)18-10-11-21-13-19(18)16-4-3-5-17(20)12-16/h3-9,12,18-19,21H,2,10-11,13H2,1H3. The van der Waals surface area contributed by atoms with Crippen LogP contribution in [-0.2, 0) is 6.42 Å². The van der Waals surface area contributed by atoms with Crippen molar-refractivity contribution in [3.63, 3.8) is 0 Å². The highest BCUT2D eigenvalue weighted by atomic mass is 19.1. The molecular weight excluding hydrogens is 261 g/mol. The van der Waals surface area contributed by atoms with E-state index in [0.29, 0.717) is 11.8 Å². The first-order valence-corrected chi connectivity index (χ1v) is 7.83. The average molecular weight is 283 g/mol. The molecule has 1 N–H and O–H groups in total. The highest BCUT2D eigenvalue weighted by molar-refractivity contribution is 5.32. The summed E-state index contributed by atoms with van der Waals surface area (Å²) in [6.45, 7) is 4.13. The van der Waals surface area contributed by atoms with Crippen molar-refractivity contribution in [2.24, 2.45) is 0 Å². The Kier molecular flexibility index (Phi) is 4.35. The van der Waals surface area contributed by atoms with Gasteiger partial charge in [-0.3, -0.25) is 0 Å². The summed E-state index contributed by atoms with van der Waals surface area (Å²) in [5.74, 6) is 0.680. The van der Waals surface area contributed by atoms with Crippen molar-refractivity contribution in [2.75, 3.05) is 13.1 Å². The predicted molar refractivity (Wildman–Crippen MR) is 85.2 cm³/mol. The van der Waals surface area contributed by atoms with E-state index in [1.54, 1.807) is 6.07 Å². The summed E-state index contributed by atoms with van der Waals surface area (Å²) in [4.78, 5) is 0. The Balaban J connectivity index is 1.90. The fourth-order valence-corrected chi connectivity index (χ4v) is 3.35. The third-order valence-corrected chi connectivity index (χ3v) is 4.58. The van der Waals surface area contributed by atoms with Crippen molar-refractivity contribution >= 4 is 0 Å². The van der Waals surface area contributed by atoms with Crippen LogP contribution in [0.2, 0.25) is 0 Å². The SMILES string of the molecule is CCc1ccc(C2CCNCC2c2cccc(F)c2)cc1. The first kappa shape index (κ1) is 14.3. The van der Waals surface area contributed by atoms with Crippen molar-refractivity contribution in [3.05, 3.63) is 71.0 Å². The van der Waals surface area contributed by atoms with E-state index in [9.17, 15) is 4.39 Å². The van der Waals surface area contributed by atoms with Gasteiger partial charge in [0.2, 0.25) is 0 Å². The second kappa shape index (κ2) is 6.40. The fraction of sp³-hybridized carbons (Fsp3) is 0.368. The maximum absolute atomic E-state index is 13.5. The summed E-state index contributed by atoms with van der Waals surface area (Å²) in [6, 6.07) is 16.0. The Labute approximate surface area is 126 Å². The van der Waals surface area contributed by atoms with Crippen molar-refractivity contribution in [1.29, 1.82) is 0 Å². The van der Waals surface area contributed by atoms with E-state index >= 15 is 0 Å². The zero-order valence-electron chi connectivity index (χ0n) is 12.5. The molecule has 3 rings (SSSR count). The third-order valence-electron chi connectivity index (χ3n) is 4.58. The van der Waals surface area contributed by atoms with E-state index < -0.39 is 0 Å². The molecule has 110 valence electrons. The molecule has 0 bridgehead atoms. The van der Waals surface area contributed by atoms with Crippen LogP contribution in [0.25, 0.3) is 0 Å². The van der Waals surface area contributed by atoms with Crippen molar-refractivity contribution < 1.29 is 4.39 Å². The first-order valence-electron chi connectivity index (χ1n) is 7.83. The molecule has 1 saturated heterocycles. The van der Waals surface area contributed by atoms with Crippen LogP contribution in [0.5, 0.6) is 0 Å². The van der Waals surface area contributed by atoms with Crippen molar-refractivity contribution in [3.8, 4) is 0 Å². The van der Waals surface area contributed by atoms with Gasteiger partial charge in [0.1, 0.15) is 5.82 Å². The number of aryl methyl sites for hydroxylation is 1. The fourth-order valence-electron chi connectivity index (χ4n) is 3.35. The molecule has 0 saturated carbocycles. The molecule has 1 aliphatic rings. The van der Waals surface area contributed by atoms with Crippen LogP contribution in [0, 0.1) is 5.82 Å². The van der Waals surface area contributed by atoms with Crippen molar-refractivity contribution in [1.82, 2.24) is 5.32 Å². The number of benzene rings is 2. The lowest BCUT2D eigenvalue weighted by atomic mass is 9.77. The molecule has 0 amide bonds. The summed E-state index contributed by atoms with van der Waals surface area (Å²) in [6.07, 6.45) is 2.17. The Morgan fingerprint density at radius 2 is 1.86 bits per heavy atom. The summed E-state index contributed by atoms with van der Waals surface area (Å²) >= 11 is 0. The van der Waals surface area contributed by atoms with Crippen molar-refractivity contribution in [2.45, 2.75) is 31.6 Å². The Morgan fingerprint density at radius 1 is 1.05 bits per heavy atom. The van der Waals surface area contributed by atoms with E-state index in [4.69, 9.17) is 0 Å². The van der Waals surface area contributed by atoms with E-state index in [1.165, 1.54) is 17.2 Å². The second-order valence-corrected chi connectivity index (χ2v) is 5.86. The van der Waals surface area contributed by atoms with Gasteiger partial charge in [0.05, 0.1) is 0 Å². The summed E-state index contributed by atoms with van der Waals surface area (Å²) in [5, 5.41) is 3.45. The molecule has 1 heterocycles. The molecule has 0 spiro atoms. The lowest BCUT2D eigenvalue weighted by molar-refractivity contribution is 0.403. The lowest BCUT2D eigenvalue weighted by Gasteiger charge is -2.33. The Morgan fingerprint density at radius 3 is 2.57 bits per heavy atom. The minimum Gasteiger partial charge on any atom is -0.316 e. The molecular formula is C19H22FN. The van der Waals surface area contributed by atoms with Gasteiger partial charge in [0.15, 0.2) is 0 Å². The normalized spacial score (nSPS) is 22.2. The van der Waals surface area contributed by atoms with Gasteiger partial charge in [-0.2, -0.15) is 0 Å². The summed E-state index contributed by atoms with van der Waals surface area (Å²) in [5.41, 5.74) is 3.85. The molecule has 0 aliphatic carbocycles. The number of hydrogen-bond donors (Lipinski definition) is 1. The van der Waals surface area contributed by atoms with Crippen LogP contribution in [0.4, 0.5) is 4.39 Å². The van der Waals surface area contributed by atoms with Gasteiger partial charge < -0.3 is 5.32 Å². The van der Waals surface area contributed by atoms with Gasteiger partial charge >= 0.3 is 0 Å². The summed E-state index contributed by atoms with van der Waals surface area (Å²) in [7, 11) is 0. The minimum absolute atomic E-state index is 0.141. The maximum atomic E-state index is 13.5. The highest BCUT2D eigenvalue weighted by Gasteiger charge is 2.27. The number of rotatable bonds is 3. The summed E-state index contributed by atoms with van der Waals surface area (Å²) < 4.78 is 13.5. The third kappa shape index (κ3) is 3.16. The van der Waals surface area contributed by atoms with Crippen LogP contribution in [0.1, 0.15) is 41.9 Å². The zero-order chi connectivity index (χ0) is 14.7. The number of piperidine rings is 1. The van der Waals surface area contributed by atoms with E-state index in [1.807, 2.05) is 12.1 Å². The quantitative estimate of drug-likeness (QED) is 0.888. The molecule has 1 nitrogen and oxygen atoms in total. The molecule has 21 heavy (non-hydrogen) atoms. The van der Waals surface area contributed by atoms with Crippen LogP contribution in [-0.4, -0.2) is 13.1 Å². The number of nitrogens with one attached hydrogen (secondary N) is 1. The van der Waals surface area contributed by atoms with Gasteiger partial charge in [-0.15, -0.1) is 0 Å². The van der Waals surface area contributed by atoms with Gasteiger partial charge in [-0.25, -0.2) is 4.39 Å². The highest BCUT2D eigenvalue weighted by Crippen LogP contribution is 2.37. The number of halogens is 1. The maximum Gasteiger partial charge on any atom is 0.123 e. The Bertz CT molecular complexity index is 591. The molecule has 0 aromatic heterocycles. The molecule has 0 radical (unpaired) electrons. The van der Waals surface area contributed by atoms with E-state index in [2.05, 4.69) is 36.5 Å². The van der Waals surface area contributed by atoms with Gasteiger partial charge in [-0.1, -0.05) is 43.3 Å². The molecule has 2 heteroatoms. The second-order valence-electron chi connectivity index (χ2n) is 5.86. The number of hydrogen-bond acceptors (Lipinski definition) is 1. The van der Waals surface area contributed by atoms with E-state index in [-0.39, 0.29) is 5.82 Å². The minimum atomic E-state index is -0.141. The molecule has 2 aromatic carbocycles. The Hall–Kier alpha value is -1.67. The smallest absolute Gasteiger partial charge is 0.123 e. The molecule has 2 unspecified atom stereocenters. The van der Waals surface area contributed by atoms with E-state index in [0.717, 1.165) is 31.5 Å². The topological polar surface area (TPSA) is 12.0 Å². The lowest BCUT2D eigenvalue weighted by Crippen LogP contribution is -2.34. The van der Waals surface area contributed by atoms with Gasteiger partial charge in [-0.05, 0) is 54.1 Å².